The van der Waals surface area contributed by atoms with Crippen LogP contribution in [-0.4, -0.2) is 50.8 Å². The van der Waals surface area contributed by atoms with Crippen LogP contribution in [0.15, 0.2) is 12.1 Å². The second-order valence-electron chi connectivity index (χ2n) is 8.26. The number of aryl methyl sites for hydroxylation is 2. The van der Waals surface area contributed by atoms with Gasteiger partial charge in [-0.3, -0.25) is 9.88 Å². The molecule has 146 valence electrons. The van der Waals surface area contributed by atoms with E-state index in [0.29, 0.717) is 5.92 Å². The molecule has 0 aromatic carbocycles. The second kappa shape index (κ2) is 7.97. The highest BCUT2D eigenvalue weighted by Crippen LogP contribution is 2.30. The van der Waals surface area contributed by atoms with Gasteiger partial charge in [0.1, 0.15) is 11.6 Å². The lowest BCUT2D eigenvalue weighted by atomic mass is 9.96. The summed E-state index contributed by atoms with van der Waals surface area (Å²) in [7, 11) is 2.15. The number of rotatable bonds is 4. The fourth-order valence-corrected chi connectivity index (χ4v) is 4.60. The third kappa shape index (κ3) is 4.15. The molecule has 0 saturated carbocycles. The summed E-state index contributed by atoms with van der Waals surface area (Å²) >= 11 is 0. The number of pyridine rings is 1. The first-order valence-electron chi connectivity index (χ1n) is 10.4. The lowest BCUT2D eigenvalue weighted by Crippen LogP contribution is -2.35. The number of likely N-dealkylation sites (tertiary alicyclic amines) is 1. The summed E-state index contributed by atoms with van der Waals surface area (Å²) in [6.07, 6.45) is 6.38. The molecule has 0 bridgehead atoms. The van der Waals surface area contributed by atoms with Gasteiger partial charge in [-0.15, -0.1) is 10.2 Å². The quantitative estimate of drug-likeness (QED) is 0.829. The molecule has 0 amide bonds. The zero-order valence-corrected chi connectivity index (χ0v) is 17.0. The van der Waals surface area contributed by atoms with E-state index in [0.717, 1.165) is 42.7 Å². The first-order chi connectivity index (χ1) is 13.1. The van der Waals surface area contributed by atoms with Gasteiger partial charge >= 0.3 is 0 Å². The Hall–Kier alpha value is -1.95. The van der Waals surface area contributed by atoms with Gasteiger partial charge in [0.05, 0.1) is 6.54 Å². The lowest BCUT2D eigenvalue weighted by molar-refractivity contribution is 0.213. The van der Waals surface area contributed by atoms with E-state index in [1.54, 1.807) is 0 Å². The zero-order chi connectivity index (χ0) is 18.8. The maximum Gasteiger partial charge on any atom is 0.146 e. The van der Waals surface area contributed by atoms with E-state index < -0.39 is 0 Å². The lowest BCUT2D eigenvalue weighted by Gasteiger charge is -2.34. The number of aromatic nitrogens is 4. The van der Waals surface area contributed by atoms with Crippen molar-refractivity contribution in [3.63, 3.8) is 0 Å². The van der Waals surface area contributed by atoms with E-state index in [-0.39, 0.29) is 0 Å². The Balaban J connectivity index is 1.48. The van der Waals surface area contributed by atoms with Gasteiger partial charge in [0.15, 0.2) is 0 Å². The van der Waals surface area contributed by atoms with Crippen molar-refractivity contribution in [2.45, 2.75) is 58.4 Å². The molecule has 2 aliphatic heterocycles. The van der Waals surface area contributed by atoms with Crippen molar-refractivity contribution in [1.29, 1.82) is 0 Å². The van der Waals surface area contributed by atoms with Gasteiger partial charge in [0.2, 0.25) is 0 Å². The molecule has 4 rings (SSSR count). The molecular formula is C21H32N6. The number of hydrogen-bond donors (Lipinski definition) is 0. The molecule has 27 heavy (non-hydrogen) atoms. The van der Waals surface area contributed by atoms with Gasteiger partial charge in [-0.2, -0.15) is 0 Å². The normalized spacial score (nSPS) is 21.6. The Morgan fingerprint density at radius 3 is 2.44 bits per heavy atom. The molecule has 2 saturated heterocycles. The van der Waals surface area contributed by atoms with Crippen LogP contribution in [0.1, 0.15) is 61.1 Å². The maximum absolute atomic E-state index is 4.62. The smallest absolute Gasteiger partial charge is 0.146 e. The molecule has 2 aromatic heterocycles. The molecule has 1 atom stereocenters. The first-order valence-corrected chi connectivity index (χ1v) is 10.4. The average molecular weight is 369 g/mol. The summed E-state index contributed by atoms with van der Waals surface area (Å²) in [5.41, 5.74) is 3.48. The molecule has 2 fully saturated rings. The summed E-state index contributed by atoms with van der Waals surface area (Å²) < 4.78 is 2.26. The minimum atomic E-state index is 0.445. The molecule has 0 radical (unpaired) electrons. The van der Waals surface area contributed by atoms with Crippen molar-refractivity contribution >= 4 is 5.69 Å². The Bertz CT molecular complexity index is 757. The van der Waals surface area contributed by atoms with Gasteiger partial charge in [-0.1, -0.05) is 6.42 Å². The van der Waals surface area contributed by atoms with E-state index in [1.807, 2.05) is 0 Å². The predicted octanol–water partition coefficient (Wildman–Crippen LogP) is 3.20. The van der Waals surface area contributed by atoms with E-state index in [9.17, 15) is 0 Å². The van der Waals surface area contributed by atoms with Crippen molar-refractivity contribution in [2.24, 2.45) is 7.05 Å². The first kappa shape index (κ1) is 18.4. The van der Waals surface area contributed by atoms with Gasteiger partial charge in [-0.05, 0) is 64.8 Å². The summed E-state index contributed by atoms with van der Waals surface area (Å²) in [5.74, 6) is 2.70. The van der Waals surface area contributed by atoms with E-state index in [2.05, 4.69) is 62.6 Å². The molecule has 4 heterocycles. The number of anilines is 1. The molecule has 6 nitrogen and oxygen atoms in total. The van der Waals surface area contributed by atoms with E-state index >= 15 is 0 Å². The van der Waals surface area contributed by atoms with Crippen molar-refractivity contribution < 1.29 is 0 Å². The Kier molecular flexibility index (Phi) is 5.43. The predicted molar refractivity (Wildman–Crippen MR) is 108 cm³/mol. The highest BCUT2D eigenvalue weighted by Gasteiger charge is 2.27. The third-order valence-corrected chi connectivity index (χ3v) is 6.03. The highest BCUT2D eigenvalue weighted by atomic mass is 15.3. The monoisotopic (exact) mass is 368 g/mol. The summed E-state index contributed by atoms with van der Waals surface area (Å²) in [5, 5.41) is 9.17. The van der Waals surface area contributed by atoms with Gasteiger partial charge < -0.3 is 9.47 Å². The molecule has 2 aliphatic rings. The maximum atomic E-state index is 4.62. The summed E-state index contributed by atoms with van der Waals surface area (Å²) in [4.78, 5) is 9.54. The minimum absolute atomic E-state index is 0.445. The van der Waals surface area contributed by atoms with E-state index in [1.165, 1.54) is 50.9 Å². The van der Waals surface area contributed by atoms with Crippen molar-refractivity contribution in [3.8, 4) is 0 Å². The summed E-state index contributed by atoms with van der Waals surface area (Å²) in [6, 6.07) is 4.40. The van der Waals surface area contributed by atoms with Crippen LogP contribution in [0, 0.1) is 13.8 Å². The third-order valence-electron chi connectivity index (χ3n) is 6.03. The Morgan fingerprint density at radius 2 is 1.70 bits per heavy atom. The van der Waals surface area contributed by atoms with Crippen molar-refractivity contribution in [2.75, 3.05) is 31.1 Å². The Labute approximate surface area is 162 Å². The van der Waals surface area contributed by atoms with Crippen LogP contribution in [0.3, 0.4) is 0 Å². The molecule has 6 heteroatoms. The topological polar surface area (TPSA) is 50.1 Å². The fourth-order valence-electron chi connectivity index (χ4n) is 4.60. The van der Waals surface area contributed by atoms with Gasteiger partial charge in [-0.25, -0.2) is 0 Å². The average Bonchev–Trinajstić information content (AvgIpc) is 3.02. The van der Waals surface area contributed by atoms with Crippen LogP contribution < -0.4 is 4.90 Å². The highest BCUT2D eigenvalue weighted by molar-refractivity contribution is 5.49. The van der Waals surface area contributed by atoms with E-state index in [4.69, 9.17) is 0 Å². The van der Waals surface area contributed by atoms with Crippen molar-refractivity contribution in [3.05, 3.63) is 35.2 Å². The molecule has 1 unspecified atom stereocenters. The molecule has 2 aromatic rings. The summed E-state index contributed by atoms with van der Waals surface area (Å²) in [6.45, 7) is 9.60. The van der Waals surface area contributed by atoms with Crippen LogP contribution in [-0.2, 0) is 13.6 Å². The van der Waals surface area contributed by atoms with Crippen LogP contribution in [0.5, 0.6) is 0 Å². The van der Waals surface area contributed by atoms with Crippen LogP contribution in [0.2, 0.25) is 0 Å². The minimum Gasteiger partial charge on any atom is -0.371 e. The van der Waals surface area contributed by atoms with Crippen molar-refractivity contribution in [1.82, 2.24) is 24.6 Å². The molecule has 0 spiro atoms. The fraction of sp³-hybridized carbons (Fsp3) is 0.667. The van der Waals surface area contributed by atoms with Crippen LogP contribution in [0.25, 0.3) is 0 Å². The van der Waals surface area contributed by atoms with Crippen LogP contribution >= 0.6 is 0 Å². The number of hydrogen-bond acceptors (Lipinski definition) is 5. The SMILES string of the molecule is Cc1cc(N2CCCC(c3nnc(CN4CCCCC4)n3C)C2)cc(C)n1. The van der Waals surface area contributed by atoms with Gasteiger partial charge in [0, 0.05) is 43.1 Å². The standard InChI is InChI=1S/C21H32N6/c1-16-12-19(13-17(2)22-16)27-11-7-8-18(14-27)21-24-23-20(25(21)3)15-26-9-5-4-6-10-26/h12-13,18H,4-11,14-15H2,1-3H3. The zero-order valence-electron chi connectivity index (χ0n) is 17.0. The second-order valence-corrected chi connectivity index (χ2v) is 8.26. The molecular weight excluding hydrogens is 336 g/mol. The number of piperidine rings is 2. The number of nitrogens with zero attached hydrogens (tertiary/aromatic N) is 6. The van der Waals surface area contributed by atoms with Gasteiger partial charge in [0.25, 0.3) is 0 Å². The molecule has 0 aliphatic carbocycles. The molecule has 0 N–H and O–H groups in total. The van der Waals surface area contributed by atoms with Crippen LogP contribution in [0.4, 0.5) is 5.69 Å². The Morgan fingerprint density at radius 1 is 0.963 bits per heavy atom. The largest absolute Gasteiger partial charge is 0.371 e.